The smallest absolute Gasteiger partial charge is 0.257 e. The molecule has 1 aromatic rings. The largest absolute Gasteiger partial charge is 0.291 e. The Labute approximate surface area is 61.4 Å². The lowest BCUT2D eigenvalue weighted by Gasteiger charge is -1.97. The summed E-state index contributed by atoms with van der Waals surface area (Å²) in [5.41, 5.74) is 2.09. The van der Waals surface area contributed by atoms with Gasteiger partial charge in [0.25, 0.3) is 6.43 Å². The number of hydrogen-bond acceptors (Lipinski definition) is 3. The molecule has 2 N–H and O–H groups in total. The monoisotopic (exact) mass is 163 g/mol. The molecule has 0 radical (unpaired) electrons. The number of anilines is 1. The average molecular weight is 163 g/mol. The van der Waals surface area contributed by atoms with Gasteiger partial charge in [0.2, 0.25) is 0 Å². The van der Waals surface area contributed by atoms with Crippen molar-refractivity contribution in [1.29, 1.82) is 0 Å². The minimum Gasteiger partial charge on any atom is -0.291 e. The van der Waals surface area contributed by atoms with E-state index in [9.17, 15) is 8.78 Å². The quantitative estimate of drug-likeness (QED) is 0.652. The summed E-state index contributed by atoms with van der Waals surface area (Å²) in [7, 11) is 0. The van der Waals surface area contributed by atoms with E-state index in [1.54, 1.807) is 5.48 Å². The molecule has 62 valence electrons. The van der Waals surface area contributed by atoms with Crippen molar-refractivity contribution >= 4 is 5.69 Å². The summed E-state index contributed by atoms with van der Waals surface area (Å²) in [4.78, 5) is 0. The van der Waals surface area contributed by atoms with Crippen molar-refractivity contribution in [2.75, 3.05) is 5.48 Å². The summed E-state index contributed by atoms with van der Waals surface area (Å²) in [5, 5.41) is 11.8. The van der Waals surface area contributed by atoms with Crippen LogP contribution in [0.4, 0.5) is 14.5 Å². The molecule has 0 aliphatic carbocycles. The number of aromatic nitrogens is 2. The van der Waals surface area contributed by atoms with Crippen LogP contribution >= 0.6 is 0 Å². The van der Waals surface area contributed by atoms with Gasteiger partial charge in [0.05, 0.1) is 18.1 Å². The second-order valence-corrected chi connectivity index (χ2v) is 1.95. The van der Waals surface area contributed by atoms with Gasteiger partial charge in [-0.3, -0.25) is 15.4 Å². The van der Waals surface area contributed by atoms with Gasteiger partial charge in [0, 0.05) is 0 Å². The maximum atomic E-state index is 11.7. The minimum absolute atomic E-state index is 0.297. The zero-order valence-corrected chi connectivity index (χ0v) is 5.54. The zero-order chi connectivity index (χ0) is 8.27. The highest BCUT2D eigenvalue weighted by Gasteiger charge is 2.04. The van der Waals surface area contributed by atoms with Gasteiger partial charge in [0.15, 0.2) is 0 Å². The molecule has 0 spiro atoms. The van der Waals surface area contributed by atoms with Crippen LogP contribution in [0, 0.1) is 0 Å². The zero-order valence-electron chi connectivity index (χ0n) is 5.54. The number of rotatable bonds is 3. The summed E-state index contributed by atoms with van der Waals surface area (Å²) in [6.45, 7) is -0.457. The maximum Gasteiger partial charge on any atom is 0.257 e. The molecule has 0 amide bonds. The molecule has 0 saturated carbocycles. The predicted octanol–water partition coefficient (Wildman–Crippen LogP) is 0.949. The van der Waals surface area contributed by atoms with E-state index < -0.39 is 13.0 Å². The first-order valence-corrected chi connectivity index (χ1v) is 2.93. The highest BCUT2D eigenvalue weighted by atomic mass is 19.3. The third-order valence-electron chi connectivity index (χ3n) is 1.09. The van der Waals surface area contributed by atoms with E-state index >= 15 is 0 Å². The first kappa shape index (κ1) is 7.93. The molecule has 0 fully saturated rings. The second kappa shape index (κ2) is 3.29. The van der Waals surface area contributed by atoms with Crippen molar-refractivity contribution in [3.8, 4) is 0 Å². The van der Waals surface area contributed by atoms with Crippen molar-refractivity contribution in [3.63, 3.8) is 0 Å². The Kier molecular flexibility index (Phi) is 2.37. The second-order valence-electron chi connectivity index (χ2n) is 1.95. The maximum absolute atomic E-state index is 11.7. The van der Waals surface area contributed by atoms with Crippen LogP contribution in [0.2, 0.25) is 0 Å². The van der Waals surface area contributed by atoms with Gasteiger partial charge < -0.3 is 0 Å². The van der Waals surface area contributed by atoms with Crippen molar-refractivity contribution in [2.45, 2.75) is 13.0 Å². The Balaban J connectivity index is 2.58. The Bertz CT molecular complexity index is 225. The summed E-state index contributed by atoms with van der Waals surface area (Å²) < 4.78 is 24.4. The van der Waals surface area contributed by atoms with Gasteiger partial charge in [0.1, 0.15) is 6.54 Å². The first-order chi connectivity index (χ1) is 5.22. The summed E-state index contributed by atoms with van der Waals surface area (Å²) in [5.74, 6) is 0. The molecule has 0 atom stereocenters. The van der Waals surface area contributed by atoms with Crippen LogP contribution in [0.25, 0.3) is 0 Å². The molecule has 11 heavy (non-hydrogen) atoms. The number of alkyl halides is 2. The highest BCUT2D eigenvalue weighted by molar-refractivity contribution is 5.34. The van der Waals surface area contributed by atoms with E-state index in [2.05, 4.69) is 5.10 Å². The minimum atomic E-state index is -2.43. The molecule has 1 aromatic heterocycles. The Morgan fingerprint density at radius 2 is 2.45 bits per heavy atom. The van der Waals surface area contributed by atoms with Crippen molar-refractivity contribution in [1.82, 2.24) is 9.78 Å². The molecule has 0 aliphatic heterocycles. The summed E-state index contributed by atoms with van der Waals surface area (Å²) in [6.07, 6.45) is 0.107. The number of halogens is 2. The molecular formula is C5H7F2N3O. The van der Waals surface area contributed by atoms with E-state index in [0.29, 0.717) is 5.69 Å². The SMILES string of the molecule is ONc1cnn(CC(F)F)c1. The van der Waals surface area contributed by atoms with Gasteiger partial charge in [-0.05, 0) is 0 Å². The van der Waals surface area contributed by atoms with Gasteiger partial charge in [-0.25, -0.2) is 8.78 Å². The molecule has 0 unspecified atom stereocenters. The molecule has 1 heterocycles. The van der Waals surface area contributed by atoms with Crippen molar-refractivity contribution < 1.29 is 14.0 Å². The van der Waals surface area contributed by atoms with Crippen LogP contribution in [-0.2, 0) is 6.54 Å². The molecular weight excluding hydrogens is 156 g/mol. The van der Waals surface area contributed by atoms with Crippen LogP contribution in [0.3, 0.4) is 0 Å². The van der Waals surface area contributed by atoms with Crippen LogP contribution in [0.5, 0.6) is 0 Å². The van der Waals surface area contributed by atoms with Crippen molar-refractivity contribution in [2.24, 2.45) is 0 Å². The third-order valence-corrected chi connectivity index (χ3v) is 1.09. The van der Waals surface area contributed by atoms with Gasteiger partial charge in [-0.15, -0.1) is 0 Å². The van der Waals surface area contributed by atoms with Crippen LogP contribution < -0.4 is 5.48 Å². The van der Waals surface area contributed by atoms with E-state index in [0.717, 1.165) is 4.68 Å². The fraction of sp³-hybridized carbons (Fsp3) is 0.400. The Morgan fingerprint density at radius 3 is 2.91 bits per heavy atom. The predicted molar refractivity (Wildman–Crippen MR) is 33.6 cm³/mol. The van der Waals surface area contributed by atoms with Crippen LogP contribution in [0.1, 0.15) is 0 Å². The Hall–Kier alpha value is -1.17. The molecule has 6 heteroatoms. The lowest BCUT2D eigenvalue weighted by molar-refractivity contribution is 0.122. The van der Waals surface area contributed by atoms with Gasteiger partial charge >= 0.3 is 0 Å². The number of nitrogens with zero attached hydrogens (tertiary/aromatic N) is 2. The van der Waals surface area contributed by atoms with Gasteiger partial charge in [-0.2, -0.15) is 5.10 Å². The fourth-order valence-electron chi connectivity index (χ4n) is 0.663. The van der Waals surface area contributed by atoms with E-state index in [4.69, 9.17) is 5.21 Å². The van der Waals surface area contributed by atoms with Crippen LogP contribution in [-0.4, -0.2) is 21.4 Å². The standard InChI is InChI=1S/C5H7F2N3O/c6-5(7)3-10-2-4(9-11)1-8-10/h1-2,5,9,11H,3H2. The molecule has 0 aromatic carbocycles. The molecule has 4 nitrogen and oxygen atoms in total. The number of hydrogen-bond donors (Lipinski definition) is 2. The van der Waals surface area contributed by atoms with Crippen LogP contribution in [0.15, 0.2) is 12.4 Å². The molecule has 0 bridgehead atoms. The van der Waals surface area contributed by atoms with E-state index in [1.165, 1.54) is 12.4 Å². The lowest BCUT2D eigenvalue weighted by atomic mass is 10.6. The molecule has 1 rings (SSSR count). The Morgan fingerprint density at radius 1 is 1.73 bits per heavy atom. The summed E-state index contributed by atoms with van der Waals surface area (Å²) in [6, 6.07) is 0. The third kappa shape index (κ3) is 2.15. The normalized spacial score (nSPS) is 10.5. The molecule has 0 saturated heterocycles. The fourth-order valence-corrected chi connectivity index (χ4v) is 0.663. The van der Waals surface area contributed by atoms with E-state index in [1.807, 2.05) is 0 Å². The summed E-state index contributed by atoms with van der Waals surface area (Å²) >= 11 is 0. The van der Waals surface area contributed by atoms with Gasteiger partial charge in [-0.1, -0.05) is 0 Å². The average Bonchev–Trinajstić information content (AvgIpc) is 2.34. The topological polar surface area (TPSA) is 50.1 Å². The lowest BCUT2D eigenvalue weighted by Crippen LogP contribution is -2.06. The first-order valence-electron chi connectivity index (χ1n) is 2.93. The van der Waals surface area contributed by atoms with E-state index in [-0.39, 0.29) is 0 Å². The molecule has 0 aliphatic rings. The highest BCUT2D eigenvalue weighted by Crippen LogP contribution is 2.04. The van der Waals surface area contributed by atoms with Crippen molar-refractivity contribution in [3.05, 3.63) is 12.4 Å². The number of nitrogens with one attached hydrogen (secondary N) is 1.